The van der Waals surface area contributed by atoms with Crippen molar-refractivity contribution in [2.75, 3.05) is 65.4 Å². The number of unbranched alkanes of at least 4 members (excludes halogenated alkanes) is 41. The molecule has 1 aliphatic rings. The van der Waals surface area contributed by atoms with Crippen LogP contribution in [0.4, 0.5) is 0 Å². The molecule has 0 aromatic carbocycles. The molecule has 4 nitrogen and oxygen atoms in total. The lowest BCUT2D eigenvalue weighted by Gasteiger charge is -2.47. The maximum absolute atomic E-state index is 3.05. The van der Waals surface area contributed by atoms with Gasteiger partial charge >= 0.3 is 0 Å². The summed E-state index contributed by atoms with van der Waals surface area (Å²) >= 11 is 0. The molecule has 1 rings (SSSR count). The van der Waals surface area contributed by atoms with E-state index in [-0.39, 0.29) is 0 Å². The number of nitrogens with zero attached hydrogens (tertiary/aromatic N) is 4. The highest BCUT2D eigenvalue weighted by molar-refractivity contribution is 4.84. The minimum absolute atomic E-state index is 0.614. The van der Waals surface area contributed by atoms with Crippen LogP contribution in [0, 0.1) is 0 Å². The predicted molar refractivity (Wildman–Crippen MR) is 301 cm³/mol. The Morgan fingerprint density at radius 2 is 0.545 bits per heavy atom. The fraction of sp³-hybridized carbons (Fsp3) is 1.00. The molecule has 1 fully saturated rings. The van der Waals surface area contributed by atoms with Gasteiger partial charge in [0.25, 0.3) is 0 Å². The van der Waals surface area contributed by atoms with Gasteiger partial charge in [-0.3, -0.25) is 14.7 Å². The van der Waals surface area contributed by atoms with E-state index in [9.17, 15) is 0 Å². The molecule has 1 unspecified atom stereocenters. The average Bonchev–Trinajstić information content (AvgIpc) is 3.33. The highest BCUT2D eigenvalue weighted by atomic mass is 15.4. The van der Waals surface area contributed by atoms with Gasteiger partial charge in [0, 0.05) is 32.7 Å². The fourth-order valence-electron chi connectivity index (χ4n) is 11.0. The van der Waals surface area contributed by atoms with Gasteiger partial charge in [0.05, 0.1) is 6.17 Å². The highest BCUT2D eigenvalue weighted by Gasteiger charge is 2.31. The van der Waals surface area contributed by atoms with Crippen molar-refractivity contribution >= 4 is 0 Å². The third kappa shape index (κ3) is 41.6. The minimum atomic E-state index is 0.614. The van der Waals surface area contributed by atoms with Crippen molar-refractivity contribution in [2.45, 2.75) is 336 Å². The van der Waals surface area contributed by atoms with Crippen LogP contribution in [0.1, 0.15) is 330 Å². The summed E-state index contributed by atoms with van der Waals surface area (Å²) < 4.78 is 0. The van der Waals surface area contributed by atoms with Gasteiger partial charge in [-0.15, -0.1) is 0 Å². The lowest BCUT2D eigenvalue weighted by Crippen LogP contribution is -2.61. The zero-order valence-corrected chi connectivity index (χ0v) is 47.0. The highest BCUT2D eigenvalue weighted by Crippen LogP contribution is 2.21. The van der Waals surface area contributed by atoms with Crippen molar-refractivity contribution in [2.24, 2.45) is 0 Å². The Balaban J connectivity index is 2.94. The van der Waals surface area contributed by atoms with Gasteiger partial charge in [-0.2, -0.15) is 0 Å². The zero-order chi connectivity index (χ0) is 47.5. The van der Waals surface area contributed by atoms with E-state index in [2.05, 4.69) is 54.2 Å². The van der Waals surface area contributed by atoms with Crippen molar-refractivity contribution in [3.05, 3.63) is 0 Å². The second-order valence-electron chi connectivity index (χ2n) is 22.2. The number of piperazine rings is 1. The van der Waals surface area contributed by atoms with Crippen LogP contribution in [0.2, 0.25) is 0 Å². The third-order valence-corrected chi connectivity index (χ3v) is 15.8. The fourth-order valence-corrected chi connectivity index (χ4v) is 11.0. The van der Waals surface area contributed by atoms with E-state index in [1.165, 1.54) is 361 Å². The quantitative estimate of drug-likeness (QED) is 0.0564. The molecule has 1 heterocycles. The van der Waals surface area contributed by atoms with Crippen molar-refractivity contribution in [3.63, 3.8) is 0 Å². The predicted octanol–water partition coefficient (Wildman–Crippen LogP) is 19.6. The summed E-state index contributed by atoms with van der Waals surface area (Å²) in [5.74, 6) is 0. The lowest BCUT2D eigenvalue weighted by atomic mass is 10.1. The molecule has 0 aromatic heterocycles. The Bertz CT molecular complexity index is 851. The first-order valence-corrected chi connectivity index (χ1v) is 31.6. The van der Waals surface area contributed by atoms with Gasteiger partial charge in [-0.25, -0.2) is 0 Å². The molecule has 66 heavy (non-hydrogen) atoms. The first kappa shape index (κ1) is 63.9. The van der Waals surface area contributed by atoms with Gasteiger partial charge < -0.3 is 4.90 Å². The molecule has 1 aliphatic heterocycles. The van der Waals surface area contributed by atoms with Crippen LogP contribution < -0.4 is 0 Å². The normalized spacial score (nSPS) is 15.0. The molecule has 1 saturated heterocycles. The summed E-state index contributed by atoms with van der Waals surface area (Å²) in [6.07, 6.45) is 66.7. The number of hydrogen-bond donors (Lipinski definition) is 0. The third-order valence-electron chi connectivity index (χ3n) is 15.8. The monoisotopic (exact) mass is 929 g/mol. The summed E-state index contributed by atoms with van der Waals surface area (Å²) in [5.41, 5.74) is 0. The van der Waals surface area contributed by atoms with Crippen LogP contribution in [0.3, 0.4) is 0 Å². The average molecular weight is 930 g/mol. The Hall–Kier alpha value is -0.160. The SMILES string of the molecule is CCCCCCCCCCCCN(CCCCCCCCCCCC)C1CN(CCN(CCCCCCCCCC)CCCCCCCCCC)CCN1CCCCCCCCCCCC. The molecule has 396 valence electrons. The standard InChI is InChI=1S/C62H128N4/c1-6-11-16-21-26-31-34-39-44-49-54-65(55-50-45-40-35-32-27-22-17-12-7-2)62-61-64(59-60-66(62)56-51-46-41-36-33-28-23-18-13-8-3)58-57-63(52-47-42-37-29-24-19-14-9-4)53-48-43-38-30-25-20-15-10-5/h62H,6-61H2,1-5H3. The van der Waals surface area contributed by atoms with Gasteiger partial charge in [0.15, 0.2) is 0 Å². The van der Waals surface area contributed by atoms with Gasteiger partial charge in [0.1, 0.15) is 0 Å². The summed E-state index contributed by atoms with van der Waals surface area (Å²) in [5, 5.41) is 0. The summed E-state index contributed by atoms with van der Waals surface area (Å²) in [7, 11) is 0. The van der Waals surface area contributed by atoms with Crippen LogP contribution >= 0.6 is 0 Å². The molecule has 0 amide bonds. The largest absolute Gasteiger partial charge is 0.302 e. The van der Waals surface area contributed by atoms with E-state index in [4.69, 9.17) is 0 Å². The van der Waals surface area contributed by atoms with E-state index in [0.29, 0.717) is 6.17 Å². The maximum atomic E-state index is 3.05. The second kappa shape index (κ2) is 52.7. The molecule has 1 atom stereocenters. The Morgan fingerprint density at radius 1 is 0.273 bits per heavy atom. The van der Waals surface area contributed by atoms with E-state index in [1.807, 2.05) is 0 Å². The van der Waals surface area contributed by atoms with Gasteiger partial charge in [-0.05, 0) is 64.8 Å². The van der Waals surface area contributed by atoms with Crippen LogP contribution in [-0.4, -0.2) is 91.2 Å². The molecule has 0 bridgehead atoms. The van der Waals surface area contributed by atoms with E-state index in [0.717, 1.165) is 0 Å². The zero-order valence-electron chi connectivity index (χ0n) is 47.0. The van der Waals surface area contributed by atoms with Crippen molar-refractivity contribution in [1.29, 1.82) is 0 Å². The number of hydrogen-bond acceptors (Lipinski definition) is 4. The van der Waals surface area contributed by atoms with Crippen molar-refractivity contribution in [1.82, 2.24) is 19.6 Å². The first-order chi connectivity index (χ1) is 32.7. The molecule has 0 spiro atoms. The molecule has 4 heteroatoms. The molecule has 0 radical (unpaired) electrons. The maximum Gasteiger partial charge on any atom is 0.0754 e. The summed E-state index contributed by atoms with van der Waals surface area (Å²) in [6, 6.07) is 0. The van der Waals surface area contributed by atoms with Gasteiger partial charge in [0.2, 0.25) is 0 Å². The Labute approximate surface area is 419 Å². The Morgan fingerprint density at radius 3 is 0.864 bits per heavy atom. The van der Waals surface area contributed by atoms with E-state index in [1.54, 1.807) is 0 Å². The van der Waals surface area contributed by atoms with Crippen molar-refractivity contribution in [3.8, 4) is 0 Å². The van der Waals surface area contributed by atoms with E-state index < -0.39 is 0 Å². The smallest absolute Gasteiger partial charge is 0.0754 e. The number of rotatable bonds is 55. The molecule has 0 aliphatic carbocycles. The van der Waals surface area contributed by atoms with Crippen LogP contribution in [0.5, 0.6) is 0 Å². The summed E-state index contributed by atoms with van der Waals surface area (Å²) in [4.78, 5) is 11.9. The van der Waals surface area contributed by atoms with Crippen molar-refractivity contribution < 1.29 is 0 Å². The molecular formula is C62H128N4. The topological polar surface area (TPSA) is 13.0 Å². The molecule has 0 aromatic rings. The Kier molecular flexibility index (Phi) is 50.9. The molecular weight excluding hydrogens is 801 g/mol. The van der Waals surface area contributed by atoms with Gasteiger partial charge in [-0.1, -0.05) is 298 Å². The van der Waals surface area contributed by atoms with Crippen LogP contribution in [0.25, 0.3) is 0 Å². The van der Waals surface area contributed by atoms with Crippen LogP contribution in [0.15, 0.2) is 0 Å². The van der Waals surface area contributed by atoms with E-state index >= 15 is 0 Å². The first-order valence-electron chi connectivity index (χ1n) is 31.6. The second-order valence-corrected chi connectivity index (χ2v) is 22.2. The molecule has 0 saturated carbocycles. The van der Waals surface area contributed by atoms with Crippen LogP contribution in [-0.2, 0) is 0 Å². The minimum Gasteiger partial charge on any atom is -0.302 e. The lowest BCUT2D eigenvalue weighted by molar-refractivity contribution is -0.0267. The summed E-state index contributed by atoms with van der Waals surface area (Å²) in [6.45, 7) is 24.7. The molecule has 0 N–H and O–H groups in total.